The predicted molar refractivity (Wildman–Crippen MR) is 133 cm³/mol. The molecule has 1 aromatic heterocycles. The number of H-pyrrole nitrogens is 1. The summed E-state index contributed by atoms with van der Waals surface area (Å²) in [6, 6.07) is 10.4. The molecular weight excluding hydrogens is 454 g/mol. The third kappa shape index (κ3) is 3.95. The maximum Gasteiger partial charge on any atom is 0.295 e. The number of aliphatic hydroxyl groups excluding tert-OH is 1. The number of para-hydroxylation sites is 1. The maximum atomic E-state index is 13.4. The third-order valence-electron chi connectivity index (χ3n) is 6.19. The Morgan fingerprint density at radius 1 is 1.21 bits per heavy atom. The zero-order chi connectivity index (χ0) is 24.7. The zero-order valence-electron chi connectivity index (χ0n) is 19.9. The Morgan fingerprint density at radius 2 is 1.91 bits per heavy atom. The van der Waals surface area contributed by atoms with E-state index in [0.717, 1.165) is 27.7 Å². The summed E-state index contributed by atoms with van der Waals surface area (Å²) < 4.78 is 5.45. The van der Waals surface area contributed by atoms with Crippen molar-refractivity contribution >= 4 is 40.0 Å². The number of hydrogen-bond donors (Lipinski definition) is 2. The van der Waals surface area contributed by atoms with Gasteiger partial charge >= 0.3 is 0 Å². The number of nitrogens with one attached hydrogen (secondary N) is 1. The molecule has 1 saturated heterocycles. The summed E-state index contributed by atoms with van der Waals surface area (Å²) in [4.78, 5) is 33.5. The van der Waals surface area contributed by atoms with Gasteiger partial charge in [-0.3, -0.25) is 9.59 Å². The molecule has 4 rings (SSSR count). The van der Waals surface area contributed by atoms with Gasteiger partial charge < -0.3 is 24.6 Å². The molecule has 0 spiro atoms. The largest absolute Gasteiger partial charge is 0.507 e. The number of Topliss-reactive ketones (excluding diaryl/α,β-unsaturated/α-hetero) is 1. The van der Waals surface area contributed by atoms with Crippen molar-refractivity contribution in [1.29, 1.82) is 0 Å². The molecule has 1 amide bonds. The highest BCUT2D eigenvalue weighted by Gasteiger charge is 2.47. The molecule has 34 heavy (non-hydrogen) atoms. The Balaban J connectivity index is 2.01. The number of aliphatic hydroxyl groups is 1. The molecule has 1 fully saturated rings. The van der Waals surface area contributed by atoms with Gasteiger partial charge in [0.2, 0.25) is 0 Å². The smallest absolute Gasteiger partial charge is 0.295 e. The Morgan fingerprint density at radius 3 is 2.59 bits per heavy atom. The summed E-state index contributed by atoms with van der Waals surface area (Å²) in [5.41, 5.74) is 3.59. The molecule has 178 valence electrons. The van der Waals surface area contributed by atoms with Crippen LogP contribution in [0.25, 0.3) is 16.7 Å². The van der Waals surface area contributed by atoms with Crippen molar-refractivity contribution in [3.63, 3.8) is 0 Å². The van der Waals surface area contributed by atoms with Crippen molar-refractivity contribution in [2.75, 3.05) is 34.3 Å². The van der Waals surface area contributed by atoms with Crippen LogP contribution in [-0.4, -0.2) is 65.9 Å². The fourth-order valence-corrected chi connectivity index (χ4v) is 4.98. The fourth-order valence-electron chi connectivity index (χ4n) is 4.63. The number of carbonyl (C=O) groups excluding carboxylic acids is 2. The van der Waals surface area contributed by atoms with Crippen molar-refractivity contribution in [1.82, 2.24) is 14.8 Å². The topological polar surface area (TPSA) is 85.9 Å². The molecule has 1 atom stereocenters. The number of halogens is 1. The Bertz CT molecular complexity index is 1330. The number of methoxy groups -OCH3 is 1. The Labute approximate surface area is 203 Å². The highest BCUT2D eigenvalue weighted by atomic mass is 35.5. The average molecular weight is 482 g/mol. The SMILES string of the molecule is COc1c(Cl)cc(C)cc1/C(O)=C1\C(=O)C(=O)N(CCN(C)C)C1c1c(C)[nH]c2ccccc12. The van der Waals surface area contributed by atoms with Crippen LogP contribution in [0.4, 0.5) is 0 Å². The van der Waals surface area contributed by atoms with Crippen LogP contribution in [0, 0.1) is 13.8 Å². The molecule has 0 saturated carbocycles. The first-order valence-electron chi connectivity index (χ1n) is 11.0. The number of nitrogens with zero attached hydrogens (tertiary/aromatic N) is 2. The summed E-state index contributed by atoms with van der Waals surface area (Å²) >= 11 is 6.37. The Hall–Kier alpha value is -3.29. The van der Waals surface area contributed by atoms with E-state index >= 15 is 0 Å². The number of benzene rings is 2. The van der Waals surface area contributed by atoms with Crippen molar-refractivity contribution in [3.8, 4) is 5.75 Å². The summed E-state index contributed by atoms with van der Waals surface area (Å²) in [7, 11) is 5.26. The van der Waals surface area contributed by atoms with Crippen molar-refractivity contribution in [2.45, 2.75) is 19.9 Å². The summed E-state index contributed by atoms with van der Waals surface area (Å²) in [5, 5.41) is 12.7. The van der Waals surface area contributed by atoms with Gasteiger partial charge in [-0.2, -0.15) is 0 Å². The lowest BCUT2D eigenvalue weighted by Gasteiger charge is -2.27. The van der Waals surface area contributed by atoms with Gasteiger partial charge in [-0.05, 0) is 51.7 Å². The average Bonchev–Trinajstić information content (AvgIpc) is 3.23. The van der Waals surface area contributed by atoms with Crippen molar-refractivity contribution < 1.29 is 19.4 Å². The molecule has 0 bridgehead atoms. The molecule has 2 N–H and O–H groups in total. The number of likely N-dealkylation sites (tertiary alicyclic amines) is 1. The first kappa shape index (κ1) is 23.9. The van der Waals surface area contributed by atoms with E-state index in [9.17, 15) is 14.7 Å². The minimum Gasteiger partial charge on any atom is -0.507 e. The van der Waals surface area contributed by atoms with Crippen LogP contribution in [0.5, 0.6) is 5.75 Å². The normalized spacial score (nSPS) is 17.9. The van der Waals surface area contributed by atoms with Crippen LogP contribution in [0.3, 0.4) is 0 Å². The molecule has 0 aliphatic carbocycles. The maximum absolute atomic E-state index is 13.4. The van der Waals surface area contributed by atoms with E-state index in [1.807, 2.05) is 57.1 Å². The molecule has 8 heteroatoms. The van der Waals surface area contributed by atoms with Gasteiger partial charge in [0.05, 0.1) is 29.3 Å². The second-order valence-corrected chi connectivity index (χ2v) is 9.24. The van der Waals surface area contributed by atoms with E-state index in [-0.39, 0.29) is 22.6 Å². The van der Waals surface area contributed by atoms with E-state index in [0.29, 0.717) is 18.1 Å². The van der Waals surface area contributed by atoms with Crippen LogP contribution in [0.1, 0.15) is 28.4 Å². The number of amides is 1. The minimum atomic E-state index is -0.764. The van der Waals surface area contributed by atoms with Crippen LogP contribution < -0.4 is 4.74 Å². The number of ether oxygens (including phenoxy) is 1. The number of aromatic amines is 1. The molecule has 7 nitrogen and oxygen atoms in total. The number of likely N-dealkylation sites (N-methyl/N-ethyl adjacent to an activating group) is 1. The van der Waals surface area contributed by atoms with Gasteiger partial charge in [-0.1, -0.05) is 29.8 Å². The number of hydrogen-bond acceptors (Lipinski definition) is 5. The lowest BCUT2D eigenvalue weighted by Crippen LogP contribution is -2.35. The van der Waals surface area contributed by atoms with Crippen molar-refractivity contribution in [3.05, 3.63) is 69.4 Å². The number of ketones is 1. The minimum absolute atomic E-state index is 0.0246. The first-order chi connectivity index (χ1) is 16.1. The quantitative estimate of drug-likeness (QED) is 0.309. The van der Waals surface area contributed by atoms with Gasteiger partial charge in [0.1, 0.15) is 11.5 Å². The lowest BCUT2D eigenvalue weighted by molar-refractivity contribution is -0.140. The first-order valence-corrected chi connectivity index (χ1v) is 11.4. The van der Waals surface area contributed by atoms with Crippen LogP contribution in [-0.2, 0) is 9.59 Å². The molecule has 3 aromatic rings. The number of aryl methyl sites for hydroxylation is 2. The second kappa shape index (κ2) is 9.16. The van der Waals surface area contributed by atoms with Gasteiger partial charge in [-0.15, -0.1) is 0 Å². The van der Waals surface area contributed by atoms with Gasteiger partial charge in [0.25, 0.3) is 11.7 Å². The molecule has 1 aliphatic rings. The highest BCUT2D eigenvalue weighted by Crippen LogP contribution is 2.45. The van der Waals surface area contributed by atoms with E-state index < -0.39 is 17.7 Å². The molecule has 1 unspecified atom stereocenters. The van der Waals surface area contributed by atoms with E-state index in [2.05, 4.69) is 4.98 Å². The number of aromatic nitrogens is 1. The van der Waals surface area contributed by atoms with E-state index in [4.69, 9.17) is 16.3 Å². The number of carbonyl (C=O) groups is 2. The molecule has 2 heterocycles. The third-order valence-corrected chi connectivity index (χ3v) is 6.47. The zero-order valence-corrected chi connectivity index (χ0v) is 20.7. The molecular formula is C26H28ClN3O4. The van der Waals surface area contributed by atoms with E-state index in [1.54, 1.807) is 17.0 Å². The molecule has 2 aromatic carbocycles. The van der Waals surface area contributed by atoms with E-state index in [1.165, 1.54) is 7.11 Å². The predicted octanol–water partition coefficient (Wildman–Crippen LogP) is 4.43. The van der Waals surface area contributed by atoms with Crippen LogP contribution in [0.2, 0.25) is 5.02 Å². The lowest BCUT2D eigenvalue weighted by atomic mass is 9.92. The second-order valence-electron chi connectivity index (χ2n) is 8.83. The Kier molecular flexibility index (Phi) is 6.43. The fraction of sp³-hybridized carbons (Fsp3) is 0.308. The molecule has 1 aliphatic heterocycles. The standard InChI is InChI=1S/C26H28ClN3O4/c1-14-12-17(25(34-5)18(27)13-14)23(31)21-22(30(11-10-29(3)4)26(33)24(21)32)20-15(2)28-19-9-7-6-8-16(19)20/h6-9,12-13,22,28,31H,10-11H2,1-5H3/b23-21+. The summed E-state index contributed by atoms with van der Waals surface area (Å²) in [6.07, 6.45) is 0. The van der Waals surface area contributed by atoms with Gasteiger partial charge in [0, 0.05) is 35.2 Å². The number of fused-ring (bicyclic) bond motifs is 1. The van der Waals surface area contributed by atoms with Crippen molar-refractivity contribution in [2.24, 2.45) is 0 Å². The number of rotatable bonds is 6. The van der Waals surface area contributed by atoms with Gasteiger partial charge in [-0.25, -0.2) is 0 Å². The summed E-state index contributed by atoms with van der Waals surface area (Å²) in [6.45, 7) is 4.62. The monoisotopic (exact) mass is 481 g/mol. The van der Waals surface area contributed by atoms with Crippen LogP contribution >= 0.6 is 11.6 Å². The highest BCUT2D eigenvalue weighted by molar-refractivity contribution is 6.47. The van der Waals surface area contributed by atoms with Crippen LogP contribution in [0.15, 0.2) is 42.0 Å². The van der Waals surface area contributed by atoms with Gasteiger partial charge in [0.15, 0.2) is 0 Å². The summed E-state index contributed by atoms with van der Waals surface area (Å²) in [5.74, 6) is -1.43. The molecule has 0 radical (unpaired) electrons.